The summed E-state index contributed by atoms with van der Waals surface area (Å²) in [7, 11) is 0. The molecule has 7 nitrogen and oxygen atoms in total. The van der Waals surface area contributed by atoms with Crippen LogP contribution in [0.1, 0.15) is 18.1 Å². The number of carboxylic acid groups (broad SMARTS) is 1. The van der Waals surface area contributed by atoms with Crippen LogP contribution in [0, 0.1) is 11.3 Å². The van der Waals surface area contributed by atoms with E-state index in [9.17, 15) is 14.4 Å². The average molecular weight is 290 g/mol. The van der Waals surface area contributed by atoms with Crippen LogP contribution in [0.2, 0.25) is 0 Å². The quantitative estimate of drug-likeness (QED) is 0.724. The molecule has 1 atom stereocenters. The zero-order valence-corrected chi connectivity index (χ0v) is 11.3. The molecule has 0 aliphatic rings. The molecule has 1 aromatic carbocycles. The summed E-state index contributed by atoms with van der Waals surface area (Å²) in [6.45, 7) is 0.618. The molecular formula is C14H14N2O5. The highest BCUT2D eigenvalue weighted by atomic mass is 16.5. The molecule has 7 heteroatoms. The van der Waals surface area contributed by atoms with Crippen molar-refractivity contribution < 1.29 is 24.2 Å². The number of hydrogen-bond acceptors (Lipinski definition) is 5. The Morgan fingerprint density at radius 1 is 1.43 bits per heavy atom. The van der Waals surface area contributed by atoms with Crippen molar-refractivity contribution in [3.63, 3.8) is 0 Å². The van der Waals surface area contributed by atoms with E-state index in [0.717, 1.165) is 6.92 Å². The van der Waals surface area contributed by atoms with Crippen LogP contribution in [0.5, 0.6) is 0 Å². The number of nitrogens with one attached hydrogen (secondary N) is 1. The van der Waals surface area contributed by atoms with Gasteiger partial charge in [-0.2, -0.15) is 5.26 Å². The summed E-state index contributed by atoms with van der Waals surface area (Å²) in [6.07, 6.45) is 0.0245. The number of ether oxygens (including phenoxy) is 1. The van der Waals surface area contributed by atoms with Gasteiger partial charge in [0.25, 0.3) is 5.91 Å². The van der Waals surface area contributed by atoms with E-state index in [1.165, 1.54) is 0 Å². The highest BCUT2D eigenvalue weighted by Gasteiger charge is 2.20. The van der Waals surface area contributed by atoms with Crippen molar-refractivity contribution in [2.24, 2.45) is 0 Å². The van der Waals surface area contributed by atoms with Crippen molar-refractivity contribution >= 4 is 17.8 Å². The van der Waals surface area contributed by atoms with E-state index in [0.29, 0.717) is 11.1 Å². The largest absolute Gasteiger partial charge is 0.480 e. The summed E-state index contributed by atoms with van der Waals surface area (Å²) < 4.78 is 4.48. The Kier molecular flexibility index (Phi) is 5.89. The van der Waals surface area contributed by atoms with E-state index in [1.54, 1.807) is 24.3 Å². The molecule has 0 aliphatic carbocycles. The van der Waals surface area contributed by atoms with Crippen LogP contribution in [0.25, 0.3) is 0 Å². The van der Waals surface area contributed by atoms with E-state index in [-0.39, 0.29) is 6.42 Å². The van der Waals surface area contributed by atoms with Crippen LogP contribution in [0.15, 0.2) is 24.3 Å². The monoisotopic (exact) mass is 290 g/mol. The zero-order valence-electron chi connectivity index (χ0n) is 11.3. The van der Waals surface area contributed by atoms with Crippen LogP contribution >= 0.6 is 0 Å². The molecule has 0 heterocycles. The summed E-state index contributed by atoms with van der Waals surface area (Å²) >= 11 is 0. The van der Waals surface area contributed by atoms with E-state index in [1.807, 2.05) is 6.07 Å². The molecule has 0 radical (unpaired) electrons. The van der Waals surface area contributed by atoms with Crippen LogP contribution in [0.3, 0.4) is 0 Å². The second kappa shape index (κ2) is 7.65. The van der Waals surface area contributed by atoms with Crippen LogP contribution in [-0.2, 0) is 25.5 Å². The summed E-state index contributed by atoms with van der Waals surface area (Å²) in [6, 6.07) is 7.23. The lowest BCUT2D eigenvalue weighted by Gasteiger charge is -2.14. The first kappa shape index (κ1) is 16.2. The predicted molar refractivity (Wildman–Crippen MR) is 71.1 cm³/mol. The van der Waals surface area contributed by atoms with E-state index in [4.69, 9.17) is 10.4 Å². The fraction of sp³-hybridized carbons (Fsp3) is 0.286. The maximum Gasteiger partial charge on any atom is 0.326 e. The first-order chi connectivity index (χ1) is 9.92. The van der Waals surface area contributed by atoms with Crippen LogP contribution in [-0.4, -0.2) is 35.6 Å². The lowest BCUT2D eigenvalue weighted by atomic mass is 10.0. The first-order valence-electron chi connectivity index (χ1n) is 6.07. The minimum Gasteiger partial charge on any atom is -0.480 e. The third kappa shape index (κ3) is 5.74. The third-order valence-electron chi connectivity index (χ3n) is 2.54. The molecular weight excluding hydrogens is 276 g/mol. The number of amides is 1. The Balaban J connectivity index is 2.69. The summed E-state index contributed by atoms with van der Waals surface area (Å²) in [4.78, 5) is 33.2. The number of nitriles is 1. The number of esters is 1. The molecule has 0 spiro atoms. The highest BCUT2D eigenvalue weighted by Crippen LogP contribution is 2.07. The van der Waals surface area contributed by atoms with Crippen molar-refractivity contribution in [3.8, 4) is 6.07 Å². The number of rotatable bonds is 6. The van der Waals surface area contributed by atoms with Gasteiger partial charge >= 0.3 is 11.9 Å². The van der Waals surface area contributed by atoms with Crippen molar-refractivity contribution in [2.75, 3.05) is 6.61 Å². The van der Waals surface area contributed by atoms with Gasteiger partial charge in [-0.15, -0.1) is 0 Å². The standard InChI is InChI=1S/C14H14N2O5/c1-9(17)21-8-13(18)16-12(14(19)20)6-10-3-2-4-11(5-10)7-15/h2-5,12H,6,8H2,1H3,(H,16,18)(H,19,20)/t12-/m0/s1. The lowest BCUT2D eigenvalue weighted by Crippen LogP contribution is -2.44. The van der Waals surface area contributed by atoms with Gasteiger partial charge in [-0.3, -0.25) is 9.59 Å². The van der Waals surface area contributed by atoms with E-state index in [2.05, 4.69) is 10.1 Å². The summed E-state index contributed by atoms with van der Waals surface area (Å²) in [5, 5.41) is 20.1. The Hall–Kier alpha value is -2.88. The van der Waals surface area contributed by atoms with Crippen LogP contribution < -0.4 is 5.32 Å². The van der Waals surface area contributed by atoms with Crippen LogP contribution in [0.4, 0.5) is 0 Å². The number of carbonyl (C=O) groups excluding carboxylic acids is 2. The lowest BCUT2D eigenvalue weighted by molar-refractivity contribution is -0.148. The zero-order chi connectivity index (χ0) is 15.8. The molecule has 0 aliphatic heterocycles. The number of benzene rings is 1. The van der Waals surface area contributed by atoms with Crippen molar-refractivity contribution in [2.45, 2.75) is 19.4 Å². The third-order valence-corrected chi connectivity index (χ3v) is 2.54. The van der Waals surface area contributed by atoms with Gasteiger partial charge in [-0.25, -0.2) is 4.79 Å². The van der Waals surface area contributed by atoms with Gasteiger partial charge in [0.15, 0.2) is 6.61 Å². The number of aliphatic carboxylic acids is 1. The molecule has 21 heavy (non-hydrogen) atoms. The second-order valence-electron chi connectivity index (χ2n) is 4.25. The minimum atomic E-state index is -1.21. The Bertz CT molecular complexity index is 591. The van der Waals surface area contributed by atoms with Gasteiger partial charge in [-0.05, 0) is 17.7 Å². The average Bonchev–Trinajstić information content (AvgIpc) is 2.44. The summed E-state index contributed by atoms with van der Waals surface area (Å²) in [5.41, 5.74) is 1.01. The minimum absolute atomic E-state index is 0.0245. The number of hydrogen-bond donors (Lipinski definition) is 2. The molecule has 0 bridgehead atoms. The highest BCUT2D eigenvalue weighted by molar-refractivity contribution is 5.85. The van der Waals surface area contributed by atoms with Crippen molar-refractivity contribution in [3.05, 3.63) is 35.4 Å². The van der Waals surface area contributed by atoms with E-state index >= 15 is 0 Å². The number of carbonyl (C=O) groups is 3. The van der Waals surface area contributed by atoms with Crippen molar-refractivity contribution in [1.82, 2.24) is 5.32 Å². The topological polar surface area (TPSA) is 116 Å². The molecule has 2 N–H and O–H groups in total. The van der Waals surface area contributed by atoms with Gasteiger partial charge < -0.3 is 15.2 Å². The van der Waals surface area contributed by atoms with Gasteiger partial charge in [-0.1, -0.05) is 12.1 Å². The Morgan fingerprint density at radius 3 is 2.71 bits per heavy atom. The molecule has 1 amide bonds. The maximum atomic E-state index is 11.5. The van der Waals surface area contributed by atoms with Gasteiger partial charge in [0.1, 0.15) is 6.04 Å². The smallest absolute Gasteiger partial charge is 0.326 e. The van der Waals surface area contributed by atoms with Gasteiger partial charge in [0.2, 0.25) is 0 Å². The number of carboxylic acids is 1. The molecule has 1 aromatic rings. The fourth-order valence-corrected chi connectivity index (χ4v) is 1.61. The van der Waals surface area contributed by atoms with Crippen molar-refractivity contribution in [1.29, 1.82) is 5.26 Å². The molecule has 110 valence electrons. The molecule has 0 fully saturated rings. The van der Waals surface area contributed by atoms with Gasteiger partial charge in [0.05, 0.1) is 11.6 Å². The maximum absolute atomic E-state index is 11.5. The Morgan fingerprint density at radius 2 is 2.14 bits per heavy atom. The molecule has 0 aromatic heterocycles. The van der Waals surface area contributed by atoms with E-state index < -0.39 is 30.5 Å². The SMILES string of the molecule is CC(=O)OCC(=O)N[C@@H](Cc1cccc(C#N)c1)C(=O)O. The van der Waals surface area contributed by atoms with Gasteiger partial charge in [0, 0.05) is 13.3 Å². The molecule has 0 unspecified atom stereocenters. The fourth-order valence-electron chi connectivity index (χ4n) is 1.61. The molecule has 0 saturated carbocycles. The molecule has 0 saturated heterocycles. The number of nitrogens with zero attached hydrogens (tertiary/aromatic N) is 1. The first-order valence-corrected chi connectivity index (χ1v) is 6.07. The normalized spacial score (nSPS) is 11.0. The summed E-state index contributed by atoms with van der Waals surface area (Å²) in [5.74, 6) is -2.54. The second-order valence-corrected chi connectivity index (χ2v) is 4.25. The Labute approximate surface area is 121 Å². The molecule has 1 rings (SSSR count). The predicted octanol–water partition coefficient (Wildman–Crippen LogP) is 0.233.